The first-order valence-corrected chi connectivity index (χ1v) is 17.1. The van der Waals surface area contributed by atoms with E-state index in [0.717, 1.165) is 42.9 Å². The summed E-state index contributed by atoms with van der Waals surface area (Å²) in [6, 6.07) is -0.890. The molecule has 1 aliphatic heterocycles. The molecule has 4 N–H and O–H groups in total. The molecule has 0 spiro atoms. The Labute approximate surface area is 254 Å². The quantitative estimate of drug-likeness (QED) is 0.275. The number of allylic oxidation sites excluding steroid dienone is 2. The SMILES string of the molecule is CC(=O)N[C@H]1[C@H](OC2CCC3(C)C(C=CC4C3CCC3(C)C(C(C)CCCC(C)C)CCC43)C2)O[C@H](CO)[C@@H](O)[C@@H]1O. The molecule has 4 fully saturated rings. The van der Waals surface area contributed by atoms with Crippen molar-refractivity contribution < 1.29 is 29.6 Å². The van der Waals surface area contributed by atoms with Crippen LogP contribution in [0.1, 0.15) is 106 Å². The second-order valence-electron chi connectivity index (χ2n) is 15.8. The van der Waals surface area contributed by atoms with Crippen molar-refractivity contribution in [3.63, 3.8) is 0 Å². The number of aliphatic hydroxyl groups excluding tert-OH is 3. The number of carbonyl (C=O) groups excluding carboxylic acids is 1. The number of fused-ring (bicyclic) bond motifs is 5. The third-order valence-electron chi connectivity index (χ3n) is 12.9. The average Bonchev–Trinajstić information content (AvgIpc) is 3.29. The number of aliphatic hydroxyl groups is 3. The van der Waals surface area contributed by atoms with E-state index < -0.39 is 37.3 Å². The van der Waals surface area contributed by atoms with Crippen molar-refractivity contribution in [1.82, 2.24) is 5.32 Å². The summed E-state index contributed by atoms with van der Waals surface area (Å²) < 4.78 is 12.3. The summed E-state index contributed by atoms with van der Waals surface area (Å²) in [5.41, 5.74) is 0.702. The van der Waals surface area contributed by atoms with Crippen LogP contribution in [0, 0.1) is 52.3 Å². The number of amides is 1. The maximum atomic E-state index is 11.9. The van der Waals surface area contributed by atoms with E-state index >= 15 is 0 Å². The van der Waals surface area contributed by atoms with Crippen molar-refractivity contribution in [1.29, 1.82) is 0 Å². The molecule has 3 saturated carbocycles. The summed E-state index contributed by atoms with van der Waals surface area (Å²) in [7, 11) is 0. The number of rotatable bonds is 9. The van der Waals surface area contributed by atoms with E-state index in [0.29, 0.717) is 23.2 Å². The van der Waals surface area contributed by atoms with Gasteiger partial charge in [-0.3, -0.25) is 4.79 Å². The zero-order valence-corrected chi connectivity index (χ0v) is 27.0. The number of carbonyl (C=O) groups is 1. The van der Waals surface area contributed by atoms with Gasteiger partial charge in [-0.05, 0) is 97.2 Å². The van der Waals surface area contributed by atoms with Crippen molar-refractivity contribution in [3.8, 4) is 0 Å². The van der Waals surface area contributed by atoms with Gasteiger partial charge < -0.3 is 30.1 Å². The van der Waals surface area contributed by atoms with Crippen LogP contribution in [-0.4, -0.2) is 64.6 Å². The molecule has 42 heavy (non-hydrogen) atoms. The van der Waals surface area contributed by atoms with Gasteiger partial charge in [0.05, 0.1) is 12.7 Å². The van der Waals surface area contributed by atoms with E-state index in [2.05, 4.69) is 52.1 Å². The zero-order chi connectivity index (χ0) is 30.4. The van der Waals surface area contributed by atoms with Crippen LogP contribution < -0.4 is 5.32 Å². The van der Waals surface area contributed by atoms with Crippen molar-refractivity contribution in [3.05, 3.63) is 12.2 Å². The van der Waals surface area contributed by atoms with Gasteiger partial charge in [-0.1, -0.05) is 66.0 Å². The molecular weight excluding hydrogens is 530 g/mol. The molecule has 0 aromatic rings. The second-order valence-corrected chi connectivity index (χ2v) is 15.8. The maximum Gasteiger partial charge on any atom is 0.217 e. The normalized spacial score (nSPS) is 47.4. The topological polar surface area (TPSA) is 108 Å². The fourth-order valence-electron chi connectivity index (χ4n) is 10.5. The van der Waals surface area contributed by atoms with E-state index in [9.17, 15) is 20.1 Å². The minimum absolute atomic E-state index is 0.0799. The molecule has 0 bridgehead atoms. The fourth-order valence-corrected chi connectivity index (χ4v) is 10.5. The van der Waals surface area contributed by atoms with Gasteiger partial charge in [0.1, 0.15) is 24.4 Å². The molecule has 5 rings (SSSR count). The van der Waals surface area contributed by atoms with Crippen LogP contribution in [0.2, 0.25) is 0 Å². The summed E-state index contributed by atoms with van der Waals surface area (Å²) in [6.07, 6.45) is 12.9. The second kappa shape index (κ2) is 12.8. The minimum atomic E-state index is -1.30. The van der Waals surface area contributed by atoms with Crippen molar-refractivity contribution >= 4 is 5.91 Å². The van der Waals surface area contributed by atoms with Gasteiger partial charge in [-0.2, -0.15) is 0 Å². The molecule has 9 unspecified atom stereocenters. The third-order valence-corrected chi connectivity index (χ3v) is 12.9. The van der Waals surface area contributed by atoms with E-state index in [1.807, 2.05) is 0 Å². The molecule has 1 saturated heterocycles. The highest BCUT2D eigenvalue weighted by molar-refractivity contribution is 5.73. The number of hydrogen-bond acceptors (Lipinski definition) is 6. The summed E-state index contributed by atoms with van der Waals surface area (Å²) in [4.78, 5) is 11.9. The Morgan fingerprint density at radius 1 is 1.00 bits per heavy atom. The lowest BCUT2D eigenvalue weighted by Crippen LogP contribution is -2.65. The summed E-state index contributed by atoms with van der Waals surface area (Å²) in [5, 5.41) is 33.5. The minimum Gasteiger partial charge on any atom is -0.394 e. The maximum absolute atomic E-state index is 11.9. The molecule has 0 aromatic carbocycles. The summed E-state index contributed by atoms with van der Waals surface area (Å²) in [5.74, 6) is 4.71. The number of ether oxygens (including phenoxy) is 2. The molecule has 5 aliphatic rings. The van der Waals surface area contributed by atoms with Crippen LogP contribution in [0.25, 0.3) is 0 Å². The molecule has 1 heterocycles. The summed E-state index contributed by atoms with van der Waals surface area (Å²) >= 11 is 0. The molecular formula is C35H59NO6. The smallest absolute Gasteiger partial charge is 0.217 e. The van der Waals surface area contributed by atoms with Gasteiger partial charge in [0.2, 0.25) is 5.91 Å². The molecule has 7 nitrogen and oxygen atoms in total. The molecule has 0 radical (unpaired) electrons. The highest BCUT2D eigenvalue weighted by Gasteiger charge is 2.60. The molecule has 1 amide bonds. The first-order chi connectivity index (χ1) is 19.9. The van der Waals surface area contributed by atoms with Crippen LogP contribution in [0.5, 0.6) is 0 Å². The fraction of sp³-hybridized carbons (Fsp3) is 0.914. The standard InChI is InChI=1S/C35H59NO6/c1-20(2)8-7-9-21(3)26-12-13-27-25-11-10-23-18-24(14-16-34(23,5)28(25)15-17-35(26,27)6)41-33-30(36-22(4)38)32(40)31(39)29(19-37)42-33/h10-11,20-21,23-33,37,39-40H,7-9,12-19H2,1-6H3,(H,36,38)/t21?,23?,24?,25?,26?,27?,28?,29-,30-,31-,32-,33-,34?,35?/m1/s1. The van der Waals surface area contributed by atoms with Crippen LogP contribution in [0.15, 0.2) is 12.2 Å². The Morgan fingerprint density at radius 3 is 2.40 bits per heavy atom. The lowest BCUT2D eigenvalue weighted by atomic mass is 9.46. The Hall–Kier alpha value is -0.990. The van der Waals surface area contributed by atoms with Crippen molar-refractivity contribution in [2.24, 2.45) is 52.3 Å². The Bertz CT molecular complexity index is 971. The Kier molecular flexibility index (Phi) is 9.86. The van der Waals surface area contributed by atoms with E-state index in [1.165, 1.54) is 51.9 Å². The molecule has 0 aromatic heterocycles. The zero-order valence-electron chi connectivity index (χ0n) is 27.0. The monoisotopic (exact) mass is 589 g/mol. The van der Waals surface area contributed by atoms with Gasteiger partial charge in [0.25, 0.3) is 0 Å². The van der Waals surface area contributed by atoms with Gasteiger partial charge in [0.15, 0.2) is 6.29 Å². The Morgan fingerprint density at radius 2 is 1.71 bits per heavy atom. The molecule has 240 valence electrons. The van der Waals surface area contributed by atoms with E-state index in [1.54, 1.807) is 0 Å². The number of hydrogen-bond donors (Lipinski definition) is 4. The lowest BCUT2D eigenvalue weighted by Gasteiger charge is -2.59. The highest BCUT2D eigenvalue weighted by Crippen LogP contribution is 2.67. The van der Waals surface area contributed by atoms with Gasteiger partial charge in [0, 0.05) is 6.92 Å². The van der Waals surface area contributed by atoms with Crippen LogP contribution in [-0.2, 0) is 14.3 Å². The van der Waals surface area contributed by atoms with Crippen molar-refractivity contribution in [2.45, 2.75) is 142 Å². The predicted molar refractivity (Wildman–Crippen MR) is 163 cm³/mol. The Balaban J connectivity index is 1.26. The lowest BCUT2D eigenvalue weighted by molar-refractivity contribution is -0.287. The third kappa shape index (κ3) is 5.99. The summed E-state index contributed by atoms with van der Waals surface area (Å²) in [6.45, 7) is 13.3. The molecule has 4 aliphatic carbocycles. The first-order valence-electron chi connectivity index (χ1n) is 17.1. The molecule has 14 atom stereocenters. The van der Waals surface area contributed by atoms with Gasteiger partial charge in [-0.25, -0.2) is 0 Å². The van der Waals surface area contributed by atoms with E-state index in [4.69, 9.17) is 9.47 Å². The van der Waals surface area contributed by atoms with Gasteiger partial charge >= 0.3 is 0 Å². The van der Waals surface area contributed by atoms with E-state index in [-0.39, 0.29) is 17.4 Å². The van der Waals surface area contributed by atoms with Crippen LogP contribution >= 0.6 is 0 Å². The van der Waals surface area contributed by atoms with Crippen molar-refractivity contribution in [2.75, 3.05) is 6.61 Å². The van der Waals surface area contributed by atoms with Crippen LogP contribution in [0.3, 0.4) is 0 Å². The highest BCUT2D eigenvalue weighted by atomic mass is 16.7. The average molecular weight is 590 g/mol. The van der Waals surface area contributed by atoms with Crippen LogP contribution in [0.4, 0.5) is 0 Å². The predicted octanol–water partition coefficient (Wildman–Crippen LogP) is 5.21. The van der Waals surface area contributed by atoms with Gasteiger partial charge in [-0.15, -0.1) is 0 Å². The number of nitrogens with one attached hydrogen (secondary N) is 1. The first kappa shape index (κ1) is 32.4. The molecule has 7 heteroatoms. The largest absolute Gasteiger partial charge is 0.394 e.